The summed E-state index contributed by atoms with van der Waals surface area (Å²) in [5.41, 5.74) is 2.57. The number of hydrogen-bond acceptors (Lipinski definition) is 3. The minimum absolute atomic E-state index is 0.184. The predicted molar refractivity (Wildman–Crippen MR) is 104 cm³/mol. The van der Waals surface area contributed by atoms with Gasteiger partial charge in [-0.05, 0) is 50.4 Å². The van der Waals surface area contributed by atoms with E-state index in [1.54, 1.807) is 0 Å². The monoisotopic (exact) mass is 345 g/mol. The van der Waals surface area contributed by atoms with Crippen molar-refractivity contribution in [2.24, 2.45) is 0 Å². The van der Waals surface area contributed by atoms with Crippen LogP contribution in [0.15, 0.2) is 12.1 Å². The summed E-state index contributed by atoms with van der Waals surface area (Å²) in [4.78, 5) is 13.7. The average Bonchev–Trinajstić information content (AvgIpc) is 2.64. The highest BCUT2D eigenvalue weighted by Gasteiger charge is 2.15. The van der Waals surface area contributed by atoms with Crippen LogP contribution in [0.25, 0.3) is 0 Å². The maximum absolute atomic E-state index is 11.3. The zero-order chi connectivity index (χ0) is 17.9. The highest BCUT2D eigenvalue weighted by molar-refractivity contribution is 5.80. The minimum Gasteiger partial charge on any atom is -0.507 e. The largest absolute Gasteiger partial charge is 0.507 e. The summed E-state index contributed by atoms with van der Waals surface area (Å²) >= 11 is 0. The number of carbonyl (C=O) groups is 1. The molecule has 1 saturated heterocycles. The molecule has 0 amide bonds. The normalized spacial score (nSPS) is 15.4. The number of carbonyl (C=O) groups excluding carboxylic acids is 1. The van der Waals surface area contributed by atoms with Crippen LogP contribution in [0, 0.1) is 0 Å². The lowest BCUT2D eigenvalue weighted by atomic mass is 9.98. The van der Waals surface area contributed by atoms with Gasteiger partial charge in [0, 0.05) is 12.1 Å². The molecule has 1 aromatic rings. The number of piperidine rings is 1. The maximum atomic E-state index is 11.3. The van der Waals surface area contributed by atoms with Crippen molar-refractivity contribution in [3.8, 4) is 5.75 Å². The molecular weight excluding hydrogens is 310 g/mol. The number of likely N-dealkylation sites (tertiary alicyclic amines) is 1. The molecule has 25 heavy (non-hydrogen) atoms. The van der Waals surface area contributed by atoms with Gasteiger partial charge in [0.2, 0.25) is 0 Å². The third kappa shape index (κ3) is 6.81. The van der Waals surface area contributed by atoms with Crippen molar-refractivity contribution >= 4 is 6.29 Å². The molecule has 1 aromatic carbocycles. The van der Waals surface area contributed by atoms with Crippen LogP contribution in [-0.4, -0.2) is 29.4 Å². The van der Waals surface area contributed by atoms with Crippen LogP contribution in [0.1, 0.15) is 92.6 Å². The van der Waals surface area contributed by atoms with Crippen LogP contribution in [0.3, 0.4) is 0 Å². The van der Waals surface area contributed by atoms with E-state index >= 15 is 0 Å². The predicted octanol–water partition coefficient (Wildman–Crippen LogP) is 5.48. The van der Waals surface area contributed by atoms with Crippen molar-refractivity contribution in [2.75, 3.05) is 13.1 Å². The van der Waals surface area contributed by atoms with Crippen molar-refractivity contribution in [3.05, 3.63) is 28.8 Å². The van der Waals surface area contributed by atoms with E-state index in [4.69, 9.17) is 0 Å². The Balaban J connectivity index is 1.89. The topological polar surface area (TPSA) is 40.5 Å². The highest BCUT2D eigenvalue weighted by Crippen LogP contribution is 2.27. The second kappa shape index (κ2) is 11.3. The van der Waals surface area contributed by atoms with Crippen molar-refractivity contribution in [2.45, 2.75) is 84.1 Å². The third-order valence-electron chi connectivity index (χ3n) is 5.32. The SMILES string of the molecule is CCCCCCCCCc1cc(C=O)c(O)c(CN2CCCCC2)c1. The Kier molecular flexibility index (Phi) is 9.03. The molecule has 1 aliphatic rings. The van der Waals surface area contributed by atoms with Crippen LogP contribution in [0.4, 0.5) is 0 Å². The fraction of sp³-hybridized carbons (Fsp3) is 0.682. The number of unbranched alkanes of at least 4 members (excludes halogenated alkanes) is 6. The van der Waals surface area contributed by atoms with Crippen molar-refractivity contribution in [3.63, 3.8) is 0 Å². The van der Waals surface area contributed by atoms with Crippen LogP contribution >= 0.6 is 0 Å². The van der Waals surface area contributed by atoms with Gasteiger partial charge in [-0.3, -0.25) is 9.69 Å². The van der Waals surface area contributed by atoms with Crippen LogP contribution < -0.4 is 0 Å². The van der Waals surface area contributed by atoms with Gasteiger partial charge in [0.1, 0.15) is 5.75 Å². The number of nitrogens with zero attached hydrogens (tertiary/aromatic N) is 1. The molecular formula is C22H35NO2. The first kappa shape index (κ1) is 20.0. The summed E-state index contributed by atoms with van der Waals surface area (Å²) in [6, 6.07) is 3.99. The molecule has 140 valence electrons. The molecule has 0 unspecified atom stereocenters. The van der Waals surface area contributed by atoms with Crippen molar-refractivity contribution in [1.82, 2.24) is 4.90 Å². The Bertz CT molecular complexity index is 521. The zero-order valence-corrected chi connectivity index (χ0v) is 15.9. The lowest BCUT2D eigenvalue weighted by Crippen LogP contribution is -2.29. The summed E-state index contributed by atoms with van der Waals surface area (Å²) in [5, 5.41) is 10.4. The van der Waals surface area contributed by atoms with Crippen LogP contribution in [0.2, 0.25) is 0 Å². The fourth-order valence-corrected chi connectivity index (χ4v) is 3.79. The quantitative estimate of drug-likeness (QED) is 0.426. The molecule has 3 heteroatoms. The molecule has 0 bridgehead atoms. The van der Waals surface area contributed by atoms with E-state index in [0.717, 1.165) is 37.9 Å². The lowest BCUT2D eigenvalue weighted by Gasteiger charge is -2.27. The molecule has 0 saturated carbocycles. The van der Waals surface area contributed by atoms with Gasteiger partial charge >= 0.3 is 0 Å². The summed E-state index contributed by atoms with van der Waals surface area (Å²) in [7, 11) is 0. The Morgan fingerprint density at radius 1 is 1.00 bits per heavy atom. The van der Waals surface area contributed by atoms with E-state index in [1.165, 1.54) is 69.8 Å². The van der Waals surface area contributed by atoms with Crippen LogP contribution in [0.5, 0.6) is 5.75 Å². The molecule has 0 spiro atoms. The summed E-state index contributed by atoms with van der Waals surface area (Å²) < 4.78 is 0. The molecule has 0 aromatic heterocycles. The summed E-state index contributed by atoms with van der Waals surface area (Å²) in [6.45, 7) is 5.20. The maximum Gasteiger partial charge on any atom is 0.153 e. The Morgan fingerprint density at radius 3 is 2.36 bits per heavy atom. The third-order valence-corrected chi connectivity index (χ3v) is 5.32. The van der Waals surface area contributed by atoms with Gasteiger partial charge in [0.15, 0.2) is 6.29 Å². The number of aldehydes is 1. The lowest BCUT2D eigenvalue weighted by molar-refractivity contribution is 0.112. The van der Waals surface area contributed by atoms with E-state index in [-0.39, 0.29) is 5.75 Å². The number of phenolic OH excluding ortho intramolecular Hbond substituents is 1. The molecule has 0 radical (unpaired) electrons. The second-order valence-electron chi connectivity index (χ2n) is 7.52. The van der Waals surface area contributed by atoms with E-state index in [9.17, 15) is 9.90 Å². The van der Waals surface area contributed by atoms with Gasteiger partial charge in [-0.25, -0.2) is 0 Å². The van der Waals surface area contributed by atoms with Gasteiger partial charge in [0.25, 0.3) is 0 Å². The van der Waals surface area contributed by atoms with E-state index in [1.807, 2.05) is 6.07 Å². The number of benzene rings is 1. The number of aromatic hydroxyl groups is 1. The second-order valence-corrected chi connectivity index (χ2v) is 7.52. The summed E-state index contributed by atoms with van der Waals surface area (Å²) in [6.07, 6.45) is 14.6. The number of aryl methyl sites for hydroxylation is 1. The number of rotatable bonds is 11. The average molecular weight is 346 g/mol. The standard InChI is InChI=1S/C22H35NO2/c1-2-3-4-5-6-7-9-12-19-15-20(22(25)21(16-19)18-24)17-23-13-10-8-11-14-23/h15-16,18,25H,2-14,17H2,1H3. The molecule has 0 aliphatic carbocycles. The molecule has 1 aliphatic heterocycles. The van der Waals surface area contributed by atoms with Gasteiger partial charge in [-0.1, -0.05) is 57.9 Å². The van der Waals surface area contributed by atoms with Gasteiger partial charge < -0.3 is 5.11 Å². The molecule has 0 atom stereocenters. The first-order valence-electron chi connectivity index (χ1n) is 10.3. The summed E-state index contributed by atoms with van der Waals surface area (Å²) in [5.74, 6) is 0.184. The number of phenols is 1. The minimum atomic E-state index is 0.184. The smallest absolute Gasteiger partial charge is 0.153 e. The first-order valence-corrected chi connectivity index (χ1v) is 10.3. The van der Waals surface area contributed by atoms with Crippen molar-refractivity contribution < 1.29 is 9.90 Å². The molecule has 1 fully saturated rings. The van der Waals surface area contributed by atoms with E-state index < -0.39 is 0 Å². The molecule has 3 nitrogen and oxygen atoms in total. The first-order chi connectivity index (χ1) is 12.2. The molecule has 2 rings (SSSR count). The highest BCUT2D eigenvalue weighted by atomic mass is 16.3. The fourth-order valence-electron chi connectivity index (χ4n) is 3.79. The van der Waals surface area contributed by atoms with Crippen LogP contribution in [-0.2, 0) is 13.0 Å². The van der Waals surface area contributed by atoms with Gasteiger partial charge in [0.05, 0.1) is 5.56 Å². The molecule has 1 heterocycles. The van der Waals surface area contributed by atoms with Gasteiger partial charge in [-0.2, -0.15) is 0 Å². The Hall–Kier alpha value is -1.35. The zero-order valence-electron chi connectivity index (χ0n) is 15.9. The molecule has 1 N–H and O–H groups in total. The Labute approximate surface area is 153 Å². The van der Waals surface area contributed by atoms with E-state index in [2.05, 4.69) is 17.9 Å². The van der Waals surface area contributed by atoms with E-state index in [0.29, 0.717) is 5.56 Å². The van der Waals surface area contributed by atoms with Gasteiger partial charge in [-0.15, -0.1) is 0 Å². The number of hydrogen-bond donors (Lipinski definition) is 1. The Morgan fingerprint density at radius 2 is 1.68 bits per heavy atom. The van der Waals surface area contributed by atoms with Crippen molar-refractivity contribution in [1.29, 1.82) is 0 Å².